The van der Waals surface area contributed by atoms with E-state index in [2.05, 4.69) is 0 Å². The zero-order chi connectivity index (χ0) is 15.2. The Morgan fingerprint density at radius 3 is 2.67 bits per heavy atom. The van der Waals surface area contributed by atoms with Gasteiger partial charge < -0.3 is 15.2 Å². The Hall–Kier alpha value is -1.78. The first kappa shape index (κ1) is 15.6. The molecule has 0 amide bonds. The van der Waals surface area contributed by atoms with Crippen molar-refractivity contribution in [3.05, 3.63) is 58.4 Å². The third-order valence-corrected chi connectivity index (χ3v) is 3.37. The van der Waals surface area contributed by atoms with Crippen molar-refractivity contribution in [3.8, 4) is 11.5 Å². The number of hydrogen-bond donors (Lipinski definition) is 1. The summed E-state index contributed by atoms with van der Waals surface area (Å²) in [6.07, 6.45) is 0.754. The highest BCUT2D eigenvalue weighted by molar-refractivity contribution is 6.32. The van der Waals surface area contributed by atoms with Crippen LogP contribution in [-0.2, 0) is 13.0 Å². The normalized spacial score (nSPS) is 10.5. The molecule has 0 heterocycles. The van der Waals surface area contributed by atoms with Gasteiger partial charge in [0.15, 0.2) is 11.6 Å². The fraction of sp³-hybridized carbons (Fsp3) is 0.250. The second-order valence-corrected chi connectivity index (χ2v) is 4.93. The Bertz CT molecular complexity index is 619. The number of nitrogens with two attached hydrogens (primary N) is 1. The van der Waals surface area contributed by atoms with Crippen molar-refractivity contribution < 1.29 is 13.9 Å². The molecule has 0 radical (unpaired) electrons. The lowest BCUT2D eigenvalue weighted by molar-refractivity contribution is 0.296. The predicted molar refractivity (Wildman–Crippen MR) is 81.5 cm³/mol. The topological polar surface area (TPSA) is 44.5 Å². The quantitative estimate of drug-likeness (QED) is 0.887. The largest absolute Gasteiger partial charge is 0.494 e. The smallest absolute Gasteiger partial charge is 0.171 e. The molecule has 0 aliphatic heterocycles. The van der Waals surface area contributed by atoms with Gasteiger partial charge in [0.2, 0.25) is 0 Å². The highest BCUT2D eigenvalue weighted by Gasteiger charge is 2.10. The van der Waals surface area contributed by atoms with Gasteiger partial charge in [-0.15, -0.1) is 0 Å². The molecule has 0 aromatic heterocycles. The molecule has 0 spiro atoms. The van der Waals surface area contributed by atoms with Crippen LogP contribution < -0.4 is 15.2 Å². The first-order valence-corrected chi connectivity index (χ1v) is 6.96. The minimum Gasteiger partial charge on any atom is -0.494 e. The molecule has 2 N–H and O–H groups in total. The van der Waals surface area contributed by atoms with Crippen LogP contribution in [0.25, 0.3) is 0 Å². The molecular formula is C16H17ClFNO2. The Balaban J connectivity index is 2.10. The van der Waals surface area contributed by atoms with Crippen LogP contribution in [-0.4, -0.2) is 13.7 Å². The lowest BCUT2D eigenvalue weighted by atomic mass is 10.1. The Morgan fingerprint density at radius 1 is 1.19 bits per heavy atom. The molecule has 2 rings (SSSR count). The van der Waals surface area contributed by atoms with E-state index in [1.807, 2.05) is 12.1 Å². The first-order chi connectivity index (χ1) is 10.2. The van der Waals surface area contributed by atoms with Gasteiger partial charge in [0.1, 0.15) is 12.4 Å². The van der Waals surface area contributed by atoms with E-state index in [0.29, 0.717) is 22.9 Å². The maximum atomic E-state index is 14.0. The average molecular weight is 310 g/mol. The molecular weight excluding hydrogens is 293 g/mol. The molecule has 2 aromatic carbocycles. The van der Waals surface area contributed by atoms with E-state index in [1.165, 1.54) is 7.11 Å². The third-order valence-electron chi connectivity index (χ3n) is 3.08. The molecule has 21 heavy (non-hydrogen) atoms. The van der Waals surface area contributed by atoms with Gasteiger partial charge in [0.05, 0.1) is 12.1 Å². The van der Waals surface area contributed by atoms with E-state index < -0.39 is 5.82 Å². The summed E-state index contributed by atoms with van der Waals surface area (Å²) in [5.41, 5.74) is 6.96. The van der Waals surface area contributed by atoms with Gasteiger partial charge in [-0.2, -0.15) is 0 Å². The summed E-state index contributed by atoms with van der Waals surface area (Å²) in [5, 5.41) is 0.490. The number of benzene rings is 2. The highest BCUT2D eigenvalue weighted by Crippen LogP contribution is 2.27. The number of ether oxygens (including phenoxy) is 2. The van der Waals surface area contributed by atoms with Crippen molar-refractivity contribution >= 4 is 11.6 Å². The van der Waals surface area contributed by atoms with Gasteiger partial charge in [-0.05, 0) is 36.7 Å². The van der Waals surface area contributed by atoms with E-state index in [4.69, 9.17) is 26.8 Å². The average Bonchev–Trinajstić information content (AvgIpc) is 2.48. The minimum atomic E-state index is -0.420. The number of hydrogen-bond acceptors (Lipinski definition) is 3. The van der Waals surface area contributed by atoms with Crippen molar-refractivity contribution in [2.24, 2.45) is 5.73 Å². The van der Waals surface area contributed by atoms with Crippen molar-refractivity contribution in [2.45, 2.75) is 13.0 Å². The van der Waals surface area contributed by atoms with Crippen molar-refractivity contribution in [1.82, 2.24) is 0 Å². The Labute approximate surface area is 128 Å². The van der Waals surface area contributed by atoms with Crippen LogP contribution in [0.1, 0.15) is 11.1 Å². The summed E-state index contributed by atoms with van der Waals surface area (Å²) in [6.45, 7) is 0.643. The number of rotatable bonds is 6. The standard InChI is InChI=1S/C16H17ClFNO2/c1-20-15-4-2-3-12(16(15)18)10-21-14-6-5-11(7-8-19)9-13(14)17/h2-6,9H,7-8,10,19H2,1H3. The number of methoxy groups -OCH3 is 1. The second-order valence-electron chi connectivity index (χ2n) is 4.53. The van der Waals surface area contributed by atoms with Gasteiger partial charge >= 0.3 is 0 Å². The van der Waals surface area contributed by atoms with Crippen LogP contribution in [0.5, 0.6) is 11.5 Å². The molecule has 2 aromatic rings. The summed E-state index contributed by atoms with van der Waals surface area (Å²) in [7, 11) is 1.43. The maximum Gasteiger partial charge on any atom is 0.171 e. The van der Waals surface area contributed by atoms with E-state index >= 15 is 0 Å². The van der Waals surface area contributed by atoms with E-state index in [9.17, 15) is 4.39 Å². The Morgan fingerprint density at radius 2 is 2.00 bits per heavy atom. The van der Waals surface area contributed by atoms with Gasteiger partial charge in [-0.25, -0.2) is 4.39 Å². The van der Waals surface area contributed by atoms with Crippen LogP contribution in [0.4, 0.5) is 4.39 Å². The summed E-state index contributed by atoms with van der Waals surface area (Å²) >= 11 is 6.15. The van der Waals surface area contributed by atoms with Crippen LogP contribution >= 0.6 is 11.6 Å². The summed E-state index contributed by atoms with van der Waals surface area (Å²) in [4.78, 5) is 0. The molecule has 112 valence electrons. The van der Waals surface area contributed by atoms with E-state index in [-0.39, 0.29) is 12.4 Å². The fourth-order valence-corrected chi connectivity index (χ4v) is 2.22. The minimum absolute atomic E-state index is 0.0823. The second kappa shape index (κ2) is 7.29. The van der Waals surface area contributed by atoms with Crippen molar-refractivity contribution in [3.63, 3.8) is 0 Å². The van der Waals surface area contributed by atoms with Crippen LogP contribution in [0, 0.1) is 5.82 Å². The molecule has 0 saturated carbocycles. The SMILES string of the molecule is COc1cccc(COc2ccc(CCN)cc2Cl)c1F. The highest BCUT2D eigenvalue weighted by atomic mass is 35.5. The molecule has 0 atom stereocenters. The van der Waals surface area contributed by atoms with Crippen LogP contribution in [0.2, 0.25) is 5.02 Å². The first-order valence-electron chi connectivity index (χ1n) is 6.58. The summed E-state index contributed by atoms with van der Waals surface area (Å²) in [6, 6.07) is 10.4. The lowest BCUT2D eigenvalue weighted by Crippen LogP contribution is -2.03. The molecule has 0 saturated heterocycles. The molecule has 0 aliphatic carbocycles. The molecule has 0 bridgehead atoms. The lowest BCUT2D eigenvalue weighted by Gasteiger charge is -2.11. The monoisotopic (exact) mass is 309 g/mol. The Kier molecular flexibility index (Phi) is 5.42. The van der Waals surface area contributed by atoms with Gasteiger partial charge in [-0.1, -0.05) is 29.8 Å². The fourth-order valence-electron chi connectivity index (χ4n) is 1.96. The molecule has 0 unspecified atom stereocenters. The maximum absolute atomic E-state index is 14.0. The van der Waals surface area contributed by atoms with Crippen molar-refractivity contribution in [2.75, 3.05) is 13.7 Å². The van der Waals surface area contributed by atoms with E-state index in [1.54, 1.807) is 24.3 Å². The molecule has 0 fully saturated rings. The summed E-state index contributed by atoms with van der Waals surface area (Å²) < 4.78 is 24.5. The molecule has 5 heteroatoms. The zero-order valence-electron chi connectivity index (χ0n) is 11.7. The molecule has 0 aliphatic rings. The summed E-state index contributed by atoms with van der Waals surface area (Å²) in [5.74, 6) is 0.288. The third kappa shape index (κ3) is 3.86. The van der Waals surface area contributed by atoms with Crippen LogP contribution in [0.3, 0.4) is 0 Å². The number of halogens is 2. The zero-order valence-corrected chi connectivity index (χ0v) is 12.5. The van der Waals surface area contributed by atoms with Crippen molar-refractivity contribution in [1.29, 1.82) is 0 Å². The van der Waals surface area contributed by atoms with Gasteiger partial charge in [0, 0.05) is 5.56 Å². The van der Waals surface area contributed by atoms with Gasteiger partial charge in [-0.3, -0.25) is 0 Å². The predicted octanol–water partition coefficient (Wildman–Crippen LogP) is 3.57. The molecule has 3 nitrogen and oxygen atoms in total. The van der Waals surface area contributed by atoms with E-state index in [0.717, 1.165) is 12.0 Å². The van der Waals surface area contributed by atoms with Gasteiger partial charge in [0.25, 0.3) is 0 Å². The van der Waals surface area contributed by atoms with Crippen LogP contribution in [0.15, 0.2) is 36.4 Å².